The summed E-state index contributed by atoms with van der Waals surface area (Å²) in [6, 6.07) is 2.05. The van der Waals surface area contributed by atoms with Crippen molar-refractivity contribution in [1.82, 2.24) is 9.97 Å². The van der Waals surface area contributed by atoms with E-state index in [0.717, 1.165) is 41.7 Å². The maximum Gasteiger partial charge on any atom is 0.163 e. The molecule has 2 aromatic rings. The van der Waals surface area contributed by atoms with E-state index in [4.69, 9.17) is 21.3 Å². The Bertz CT molecular complexity index is 605. The maximum atomic E-state index is 6.31. The first-order valence-electron chi connectivity index (χ1n) is 6.64. The van der Waals surface area contributed by atoms with E-state index in [9.17, 15) is 0 Å². The van der Waals surface area contributed by atoms with Gasteiger partial charge in [0.1, 0.15) is 15.6 Å². The SMILES string of the molecule is COC1(c2nc(Cl)c3cc(C)sc3n2)CCCCC1. The summed E-state index contributed by atoms with van der Waals surface area (Å²) in [6.45, 7) is 2.06. The van der Waals surface area contributed by atoms with Crippen LogP contribution in [0.2, 0.25) is 5.15 Å². The van der Waals surface area contributed by atoms with Crippen LogP contribution in [0.5, 0.6) is 0 Å². The molecule has 1 aliphatic rings. The smallest absolute Gasteiger partial charge is 0.163 e. The predicted molar refractivity (Wildman–Crippen MR) is 78.9 cm³/mol. The van der Waals surface area contributed by atoms with E-state index in [1.54, 1.807) is 18.4 Å². The second-order valence-corrected chi connectivity index (χ2v) is 6.77. The molecule has 5 heteroatoms. The minimum atomic E-state index is -0.339. The van der Waals surface area contributed by atoms with Gasteiger partial charge in [0.2, 0.25) is 0 Å². The summed E-state index contributed by atoms with van der Waals surface area (Å²) in [6.07, 6.45) is 5.55. The number of rotatable bonds is 2. The Balaban J connectivity index is 2.13. The van der Waals surface area contributed by atoms with Crippen molar-refractivity contribution in [1.29, 1.82) is 0 Å². The van der Waals surface area contributed by atoms with Gasteiger partial charge in [-0.3, -0.25) is 0 Å². The molecule has 0 aliphatic heterocycles. The predicted octanol–water partition coefficient (Wildman–Crippen LogP) is 4.46. The summed E-state index contributed by atoms with van der Waals surface area (Å²) in [5.41, 5.74) is -0.339. The van der Waals surface area contributed by atoms with Crippen LogP contribution in [-0.2, 0) is 10.3 Å². The van der Waals surface area contributed by atoms with Gasteiger partial charge in [0.05, 0.1) is 0 Å². The van der Waals surface area contributed by atoms with Crippen LogP contribution in [0.15, 0.2) is 6.07 Å². The van der Waals surface area contributed by atoms with Crippen molar-refractivity contribution >= 4 is 33.2 Å². The van der Waals surface area contributed by atoms with Gasteiger partial charge in [-0.25, -0.2) is 9.97 Å². The van der Waals surface area contributed by atoms with Gasteiger partial charge in [-0.05, 0) is 25.8 Å². The Hall–Kier alpha value is -0.710. The maximum absolute atomic E-state index is 6.31. The average molecular weight is 297 g/mol. The molecule has 1 saturated carbocycles. The second-order valence-electron chi connectivity index (χ2n) is 5.17. The van der Waals surface area contributed by atoms with Crippen LogP contribution in [0.1, 0.15) is 42.8 Å². The molecule has 0 unspecified atom stereocenters. The molecule has 3 nitrogen and oxygen atoms in total. The number of methoxy groups -OCH3 is 1. The first-order valence-corrected chi connectivity index (χ1v) is 7.83. The largest absolute Gasteiger partial charge is 0.370 e. The minimum absolute atomic E-state index is 0.339. The topological polar surface area (TPSA) is 35.0 Å². The highest BCUT2D eigenvalue weighted by Gasteiger charge is 2.37. The summed E-state index contributed by atoms with van der Waals surface area (Å²) in [5, 5.41) is 1.50. The summed E-state index contributed by atoms with van der Waals surface area (Å²) in [5.74, 6) is 0.758. The number of hydrogen-bond donors (Lipinski definition) is 0. The van der Waals surface area contributed by atoms with Crippen LogP contribution in [0.25, 0.3) is 10.2 Å². The van der Waals surface area contributed by atoms with Gasteiger partial charge in [-0.15, -0.1) is 11.3 Å². The lowest BCUT2D eigenvalue weighted by Gasteiger charge is -2.34. The number of aromatic nitrogens is 2. The number of aryl methyl sites for hydroxylation is 1. The highest BCUT2D eigenvalue weighted by molar-refractivity contribution is 7.18. The Labute approximate surface area is 122 Å². The van der Waals surface area contributed by atoms with Crippen molar-refractivity contribution in [3.05, 3.63) is 21.9 Å². The van der Waals surface area contributed by atoms with Gasteiger partial charge < -0.3 is 4.74 Å². The molecule has 0 radical (unpaired) electrons. The number of thiophene rings is 1. The molecule has 19 heavy (non-hydrogen) atoms. The number of halogens is 1. The lowest BCUT2D eigenvalue weighted by molar-refractivity contribution is -0.0512. The van der Waals surface area contributed by atoms with Crippen LogP contribution in [0.3, 0.4) is 0 Å². The van der Waals surface area contributed by atoms with Gasteiger partial charge in [-0.1, -0.05) is 30.9 Å². The summed E-state index contributed by atoms with van der Waals surface area (Å²) in [7, 11) is 1.76. The molecule has 0 N–H and O–H groups in total. The van der Waals surface area contributed by atoms with Gasteiger partial charge >= 0.3 is 0 Å². The molecule has 102 valence electrons. The third-order valence-corrected chi connectivity index (χ3v) is 5.16. The minimum Gasteiger partial charge on any atom is -0.370 e. The highest BCUT2D eigenvalue weighted by atomic mass is 35.5. The molecule has 3 rings (SSSR count). The molecule has 0 bridgehead atoms. The molecule has 0 spiro atoms. The molecule has 1 aliphatic carbocycles. The number of nitrogens with zero attached hydrogens (tertiary/aromatic N) is 2. The van der Waals surface area contributed by atoms with E-state index in [2.05, 4.69) is 11.9 Å². The van der Waals surface area contributed by atoms with E-state index >= 15 is 0 Å². The average Bonchev–Trinajstić information content (AvgIpc) is 2.80. The second kappa shape index (κ2) is 5.00. The molecule has 0 saturated heterocycles. The molecule has 0 aromatic carbocycles. The van der Waals surface area contributed by atoms with Crippen LogP contribution in [-0.4, -0.2) is 17.1 Å². The van der Waals surface area contributed by atoms with Crippen LogP contribution in [0, 0.1) is 6.92 Å². The third kappa shape index (κ3) is 2.26. The Morgan fingerprint density at radius 2 is 2.00 bits per heavy atom. The standard InChI is InChI=1S/C14H17ClN2OS/c1-9-8-10-11(15)16-13(17-12(10)19-9)14(18-2)6-4-3-5-7-14/h8H,3-7H2,1-2H3. The van der Waals surface area contributed by atoms with E-state index in [0.29, 0.717) is 5.15 Å². The summed E-state index contributed by atoms with van der Waals surface area (Å²) < 4.78 is 5.80. The van der Waals surface area contributed by atoms with Crippen LogP contribution >= 0.6 is 22.9 Å². The number of hydrogen-bond acceptors (Lipinski definition) is 4. The van der Waals surface area contributed by atoms with Gasteiger partial charge in [0.15, 0.2) is 5.82 Å². The first-order chi connectivity index (χ1) is 9.14. The molecule has 2 aromatic heterocycles. The molecular formula is C14H17ClN2OS. The zero-order valence-corrected chi connectivity index (χ0v) is 12.8. The van der Waals surface area contributed by atoms with Crippen molar-refractivity contribution in [3.63, 3.8) is 0 Å². The Morgan fingerprint density at radius 3 is 2.68 bits per heavy atom. The van der Waals surface area contributed by atoms with Crippen molar-refractivity contribution in [2.45, 2.75) is 44.6 Å². The van der Waals surface area contributed by atoms with E-state index < -0.39 is 0 Å². The summed E-state index contributed by atoms with van der Waals surface area (Å²) >= 11 is 7.98. The van der Waals surface area contributed by atoms with Crippen LogP contribution in [0.4, 0.5) is 0 Å². The van der Waals surface area contributed by atoms with Gasteiger partial charge in [0, 0.05) is 17.4 Å². The normalized spacial score (nSPS) is 18.9. The fourth-order valence-corrected chi connectivity index (χ4v) is 4.01. The van der Waals surface area contributed by atoms with E-state index in [1.165, 1.54) is 11.3 Å². The van der Waals surface area contributed by atoms with Crippen molar-refractivity contribution < 1.29 is 4.74 Å². The van der Waals surface area contributed by atoms with Crippen molar-refractivity contribution in [2.24, 2.45) is 0 Å². The Kier molecular flexibility index (Phi) is 3.50. The zero-order chi connectivity index (χ0) is 13.5. The van der Waals surface area contributed by atoms with Crippen molar-refractivity contribution in [3.8, 4) is 0 Å². The molecular weight excluding hydrogens is 280 g/mol. The molecule has 2 heterocycles. The highest BCUT2D eigenvalue weighted by Crippen LogP contribution is 2.40. The Morgan fingerprint density at radius 1 is 1.26 bits per heavy atom. The molecule has 0 amide bonds. The van der Waals surface area contributed by atoms with Gasteiger partial charge in [0.25, 0.3) is 0 Å². The first kappa shape index (κ1) is 13.3. The summed E-state index contributed by atoms with van der Waals surface area (Å²) in [4.78, 5) is 11.4. The molecule has 0 atom stereocenters. The van der Waals surface area contributed by atoms with E-state index in [-0.39, 0.29) is 5.60 Å². The van der Waals surface area contributed by atoms with E-state index in [1.807, 2.05) is 6.07 Å². The van der Waals surface area contributed by atoms with Crippen molar-refractivity contribution in [2.75, 3.05) is 7.11 Å². The monoisotopic (exact) mass is 296 g/mol. The van der Waals surface area contributed by atoms with Crippen LogP contribution < -0.4 is 0 Å². The van der Waals surface area contributed by atoms with Gasteiger partial charge in [-0.2, -0.15) is 0 Å². The quantitative estimate of drug-likeness (QED) is 0.768. The fraction of sp³-hybridized carbons (Fsp3) is 0.571. The lowest BCUT2D eigenvalue weighted by atomic mass is 9.84. The number of ether oxygens (including phenoxy) is 1. The lowest BCUT2D eigenvalue weighted by Crippen LogP contribution is -2.33. The zero-order valence-electron chi connectivity index (χ0n) is 11.2. The number of fused-ring (bicyclic) bond motifs is 1. The third-order valence-electron chi connectivity index (χ3n) is 3.93. The fourth-order valence-electron chi connectivity index (χ4n) is 2.85. The molecule has 1 fully saturated rings.